The van der Waals surface area contributed by atoms with Crippen LogP contribution in [0.5, 0.6) is 0 Å². The first-order valence-corrected chi connectivity index (χ1v) is 8.22. The molecule has 0 aliphatic carbocycles. The number of thiophene rings is 1. The average Bonchev–Trinajstić information content (AvgIpc) is 2.96. The van der Waals surface area contributed by atoms with E-state index in [9.17, 15) is 13.2 Å². The molecule has 0 aliphatic rings. The number of rotatable bonds is 6. The predicted octanol–water partition coefficient (Wildman–Crippen LogP) is 0.967. The molecule has 2 aromatic heterocycles. The summed E-state index contributed by atoms with van der Waals surface area (Å²) < 4.78 is 31.3. The minimum atomic E-state index is -3.74. The van der Waals surface area contributed by atoms with Gasteiger partial charge in [0.2, 0.25) is 15.9 Å². The van der Waals surface area contributed by atoms with E-state index < -0.39 is 16.0 Å². The lowest BCUT2D eigenvalue weighted by atomic mass is 10.3. The van der Waals surface area contributed by atoms with Gasteiger partial charge in [0, 0.05) is 13.0 Å². The molecule has 0 atom stereocenters. The maximum absolute atomic E-state index is 12.1. The van der Waals surface area contributed by atoms with Crippen LogP contribution < -0.4 is 4.72 Å². The normalized spacial score (nSPS) is 11.7. The van der Waals surface area contributed by atoms with Gasteiger partial charge in [0.15, 0.2) is 5.82 Å². The Bertz CT molecular complexity index is 763. The highest BCUT2D eigenvalue weighted by atomic mass is 32.2. The fourth-order valence-electron chi connectivity index (χ4n) is 1.60. The molecule has 0 radical (unpaired) electrons. The first-order valence-electron chi connectivity index (χ1n) is 5.92. The molecular weight excluding hydrogens is 318 g/mol. The number of carbonyl (C=O) groups is 1. The molecule has 0 fully saturated rings. The Morgan fingerprint density at radius 1 is 1.48 bits per heavy atom. The van der Waals surface area contributed by atoms with Crippen LogP contribution in [0.25, 0.3) is 0 Å². The van der Waals surface area contributed by atoms with Gasteiger partial charge in [-0.1, -0.05) is 5.16 Å². The standard InChI is InChI=1S/C11H13N3O5S2/c1-6-5-9(20-10(6)11(15)16)21(17,18)12-4-3-8-13-7(2)14-19-8/h5,12H,3-4H2,1-2H3,(H,15,16). The highest BCUT2D eigenvalue weighted by Crippen LogP contribution is 2.25. The molecule has 0 spiro atoms. The van der Waals surface area contributed by atoms with Gasteiger partial charge < -0.3 is 9.63 Å². The Kier molecular flexibility index (Phi) is 4.40. The molecule has 0 saturated carbocycles. The lowest BCUT2D eigenvalue weighted by molar-refractivity contribution is 0.0701. The largest absolute Gasteiger partial charge is 0.477 e. The van der Waals surface area contributed by atoms with Crippen LogP contribution in [0.15, 0.2) is 14.8 Å². The number of hydrogen-bond donors (Lipinski definition) is 2. The maximum Gasteiger partial charge on any atom is 0.346 e. The minimum Gasteiger partial charge on any atom is -0.477 e. The smallest absolute Gasteiger partial charge is 0.346 e. The summed E-state index contributed by atoms with van der Waals surface area (Å²) >= 11 is 0.723. The van der Waals surface area contributed by atoms with Crippen molar-refractivity contribution in [3.05, 3.63) is 28.2 Å². The Balaban J connectivity index is 2.04. The van der Waals surface area contributed by atoms with Crippen molar-refractivity contribution in [3.63, 3.8) is 0 Å². The van der Waals surface area contributed by atoms with E-state index in [2.05, 4.69) is 14.9 Å². The number of aromatic carboxylic acids is 1. The Hall–Kier alpha value is -1.78. The molecule has 2 aromatic rings. The Morgan fingerprint density at radius 2 is 2.19 bits per heavy atom. The topological polar surface area (TPSA) is 122 Å². The van der Waals surface area contributed by atoms with Crippen molar-refractivity contribution in [2.45, 2.75) is 24.5 Å². The van der Waals surface area contributed by atoms with Crippen LogP contribution in [0, 0.1) is 13.8 Å². The van der Waals surface area contributed by atoms with E-state index in [0.29, 0.717) is 17.3 Å². The van der Waals surface area contributed by atoms with Gasteiger partial charge in [-0.25, -0.2) is 17.9 Å². The molecular formula is C11H13N3O5S2. The SMILES string of the molecule is Cc1noc(CCNS(=O)(=O)c2cc(C)c(C(=O)O)s2)n1. The molecule has 10 heteroatoms. The molecule has 2 heterocycles. The third-order valence-corrected chi connectivity index (χ3v) is 5.71. The second kappa shape index (κ2) is 5.92. The molecule has 0 unspecified atom stereocenters. The summed E-state index contributed by atoms with van der Waals surface area (Å²) in [6, 6.07) is 1.34. The molecule has 2 rings (SSSR count). The average molecular weight is 331 g/mol. The summed E-state index contributed by atoms with van der Waals surface area (Å²) in [7, 11) is -3.74. The minimum absolute atomic E-state index is 0.0166. The third-order valence-electron chi connectivity index (χ3n) is 2.55. The van der Waals surface area contributed by atoms with Crippen molar-refractivity contribution >= 4 is 27.3 Å². The van der Waals surface area contributed by atoms with Gasteiger partial charge in [0.25, 0.3) is 0 Å². The van der Waals surface area contributed by atoms with Crippen LogP contribution in [0.3, 0.4) is 0 Å². The Morgan fingerprint density at radius 3 is 2.71 bits per heavy atom. The number of nitrogens with zero attached hydrogens (tertiary/aromatic N) is 2. The summed E-state index contributed by atoms with van der Waals surface area (Å²) in [5.41, 5.74) is 0.417. The first kappa shape index (κ1) is 15.6. The van der Waals surface area contributed by atoms with Gasteiger partial charge in [0.05, 0.1) is 0 Å². The number of aromatic nitrogens is 2. The molecule has 0 amide bonds. The summed E-state index contributed by atoms with van der Waals surface area (Å²) in [6.07, 6.45) is 0.260. The first-order chi connectivity index (χ1) is 9.79. The van der Waals surface area contributed by atoms with E-state index in [1.807, 2.05) is 0 Å². The quantitative estimate of drug-likeness (QED) is 0.808. The molecule has 2 N–H and O–H groups in total. The summed E-state index contributed by atoms with van der Waals surface area (Å²) in [4.78, 5) is 14.9. The van der Waals surface area contributed by atoms with Gasteiger partial charge in [-0.05, 0) is 25.5 Å². The van der Waals surface area contributed by atoms with Crippen LogP contribution in [0.1, 0.15) is 27.0 Å². The van der Waals surface area contributed by atoms with Crippen LogP contribution in [-0.4, -0.2) is 36.2 Å². The van der Waals surface area contributed by atoms with E-state index in [-0.39, 0.29) is 22.1 Å². The van der Waals surface area contributed by atoms with Gasteiger partial charge in [0.1, 0.15) is 9.09 Å². The summed E-state index contributed by atoms with van der Waals surface area (Å²) in [5, 5.41) is 12.5. The van der Waals surface area contributed by atoms with Gasteiger partial charge in [-0.3, -0.25) is 0 Å². The number of carboxylic acid groups (broad SMARTS) is 1. The second-order valence-electron chi connectivity index (χ2n) is 4.27. The predicted molar refractivity (Wildman–Crippen MR) is 73.9 cm³/mol. The van der Waals surface area contributed by atoms with E-state index in [0.717, 1.165) is 11.3 Å². The second-order valence-corrected chi connectivity index (χ2v) is 7.31. The number of aryl methyl sites for hydroxylation is 2. The van der Waals surface area contributed by atoms with E-state index >= 15 is 0 Å². The number of hydrogen-bond acceptors (Lipinski definition) is 7. The lowest BCUT2D eigenvalue weighted by Gasteiger charge is -2.02. The van der Waals surface area contributed by atoms with Crippen LogP contribution in [-0.2, 0) is 16.4 Å². The monoisotopic (exact) mass is 331 g/mol. The van der Waals surface area contributed by atoms with Gasteiger partial charge >= 0.3 is 5.97 Å². The molecule has 0 aromatic carbocycles. The van der Waals surface area contributed by atoms with E-state index in [1.54, 1.807) is 13.8 Å². The highest BCUT2D eigenvalue weighted by Gasteiger charge is 2.21. The summed E-state index contributed by atoms with van der Waals surface area (Å²) in [5.74, 6) is -0.322. The molecule has 0 saturated heterocycles. The van der Waals surface area contributed by atoms with Crippen molar-refractivity contribution in [3.8, 4) is 0 Å². The Labute approximate surface area is 124 Å². The van der Waals surface area contributed by atoms with Gasteiger partial charge in [-0.2, -0.15) is 4.98 Å². The molecule has 114 valence electrons. The number of carboxylic acids is 1. The molecule has 21 heavy (non-hydrogen) atoms. The zero-order valence-corrected chi connectivity index (χ0v) is 12.9. The van der Waals surface area contributed by atoms with Crippen LogP contribution in [0.2, 0.25) is 0 Å². The zero-order valence-electron chi connectivity index (χ0n) is 11.3. The maximum atomic E-state index is 12.1. The molecule has 0 bridgehead atoms. The van der Waals surface area contributed by atoms with Crippen molar-refractivity contribution in [1.29, 1.82) is 0 Å². The van der Waals surface area contributed by atoms with Crippen LogP contribution in [0.4, 0.5) is 0 Å². The zero-order chi connectivity index (χ0) is 15.6. The van der Waals surface area contributed by atoms with Crippen molar-refractivity contribution in [1.82, 2.24) is 14.9 Å². The lowest BCUT2D eigenvalue weighted by Crippen LogP contribution is -2.25. The molecule has 8 nitrogen and oxygen atoms in total. The number of sulfonamides is 1. The molecule has 0 aliphatic heterocycles. The van der Waals surface area contributed by atoms with Gasteiger partial charge in [-0.15, -0.1) is 11.3 Å². The third kappa shape index (κ3) is 3.65. The van der Waals surface area contributed by atoms with Crippen molar-refractivity contribution in [2.75, 3.05) is 6.54 Å². The highest BCUT2D eigenvalue weighted by molar-refractivity contribution is 7.91. The fourth-order valence-corrected chi connectivity index (χ4v) is 4.06. The van der Waals surface area contributed by atoms with Crippen molar-refractivity contribution in [2.24, 2.45) is 0 Å². The fraction of sp³-hybridized carbons (Fsp3) is 0.364. The van der Waals surface area contributed by atoms with Crippen molar-refractivity contribution < 1.29 is 22.8 Å². The van der Waals surface area contributed by atoms with Crippen LogP contribution >= 0.6 is 11.3 Å². The van der Waals surface area contributed by atoms with E-state index in [1.165, 1.54) is 6.07 Å². The number of nitrogens with one attached hydrogen (secondary N) is 1. The van der Waals surface area contributed by atoms with E-state index in [4.69, 9.17) is 9.63 Å². The summed E-state index contributed by atoms with van der Waals surface area (Å²) in [6.45, 7) is 3.31.